The molecule has 2 aliphatic rings. The number of halogens is 2. The lowest BCUT2D eigenvalue weighted by Gasteiger charge is -2.44. The number of ether oxygens (including phenoxy) is 1. The van der Waals surface area contributed by atoms with Crippen LogP contribution in [0.3, 0.4) is 0 Å². The molecule has 0 radical (unpaired) electrons. The predicted octanol–water partition coefficient (Wildman–Crippen LogP) is 6.06. The lowest BCUT2D eigenvalue weighted by Crippen LogP contribution is -2.46. The van der Waals surface area contributed by atoms with Gasteiger partial charge in [-0.15, -0.1) is 11.8 Å². The van der Waals surface area contributed by atoms with Gasteiger partial charge in [0, 0.05) is 22.8 Å². The van der Waals surface area contributed by atoms with E-state index in [9.17, 15) is 9.18 Å². The molecule has 29 heavy (non-hydrogen) atoms. The number of hydrogen-bond donors (Lipinski definition) is 1. The van der Waals surface area contributed by atoms with E-state index in [0.717, 1.165) is 30.6 Å². The number of rotatable bonds is 5. The molecule has 0 aromatic heterocycles. The smallest absolute Gasteiger partial charge is 0.230 e. The maximum Gasteiger partial charge on any atom is 0.230 e. The fourth-order valence-corrected chi connectivity index (χ4v) is 5.36. The van der Waals surface area contributed by atoms with Crippen LogP contribution in [0, 0.1) is 5.82 Å². The Morgan fingerprint density at radius 2 is 2.00 bits per heavy atom. The van der Waals surface area contributed by atoms with Crippen molar-refractivity contribution in [3.05, 3.63) is 64.4 Å². The van der Waals surface area contributed by atoms with Crippen LogP contribution in [-0.2, 0) is 10.5 Å². The summed E-state index contributed by atoms with van der Waals surface area (Å²) in [5.74, 6) is 1.25. The molecule has 1 saturated carbocycles. The van der Waals surface area contributed by atoms with E-state index in [1.165, 1.54) is 37.1 Å². The number of benzene rings is 2. The molecule has 4 rings (SSSR count). The average molecular weight is 434 g/mol. The quantitative estimate of drug-likeness (QED) is 0.623. The van der Waals surface area contributed by atoms with Crippen molar-refractivity contribution in [1.82, 2.24) is 5.32 Å². The highest BCUT2D eigenvalue weighted by molar-refractivity contribution is 7.99. The molecule has 1 heterocycles. The van der Waals surface area contributed by atoms with Crippen molar-refractivity contribution in [2.45, 2.75) is 55.9 Å². The highest BCUT2D eigenvalue weighted by Gasteiger charge is 2.42. The van der Waals surface area contributed by atoms with Crippen LogP contribution in [0.15, 0.2) is 42.5 Å². The van der Waals surface area contributed by atoms with E-state index < -0.39 is 0 Å². The van der Waals surface area contributed by atoms with Gasteiger partial charge in [-0.25, -0.2) is 4.39 Å². The molecule has 2 aromatic carbocycles. The molecular weight excluding hydrogens is 409 g/mol. The maximum absolute atomic E-state index is 13.9. The van der Waals surface area contributed by atoms with E-state index in [1.807, 2.05) is 24.3 Å². The van der Waals surface area contributed by atoms with Crippen LogP contribution in [0.2, 0.25) is 5.02 Å². The molecule has 1 atom stereocenters. The second-order valence-corrected chi connectivity index (χ2v) is 9.36. The minimum Gasteiger partial charge on any atom is -0.487 e. The van der Waals surface area contributed by atoms with Crippen LogP contribution in [0.4, 0.5) is 4.39 Å². The number of para-hydroxylation sites is 1. The van der Waals surface area contributed by atoms with E-state index in [4.69, 9.17) is 16.3 Å². The van der Waals surface area contributed by atoms with Gasteiger partial charge in [0.05, 0.1) is 11.8 Å². The summed E-state index contributed by atoms with van der Waals surface area (Å²) >= 11 is 7.20. The molecule has 1 spiro atoms. The molecule has 1 aliphatic heterocycles. The van der Waals surface area contributed by atoms with Gasteiger partial charge in [-0.05, 0) is 49.4 Å². The first-order valence-electron chi connectivity index (χ1n) is 10.1. The number of amides is 1. The molecule has 1 aliphatic carbocycles. The molecule has 1 fully saturated rings. The third-order valence-electron chi connectivity index (χ3n) is 5.80. The minimum absolute atomic E-state index is 0.0305. The molecule has 1 N–H and O–H groups in total. The molecule has 0 bridgehead atoms. The van der Waals surface area contributed by atoms with E-state index in [-0.39, 0.29) is 29.1 Å². The van der Waals surface area contributed by atoms with E-state index >= 15 is 0 Å². The van der Waals surface area contributed by atoms with E-state index in [2.05, 4.69) is 5.32 Å². The predicted molar refractivity (Wildman–Crippen MR) is 116 cm³/mol. The van der Waals surface area contributed by atoms with E-state index in [0.29, 0.717) is 16.3 Å². The number of hydrogen-bond acceptors (Lipinski definition) is 3. The Labute approximate surface area is 180 Å². The van der Waals surface area contributed by atoms with Crippen molar-refractivity contribution in [2.24, 2.45) is 0 Å². The Balaban J connectivity index is 1.39. The van der Waals surface area contributed by atoms with Crippen LogP contribution < -0.4 is 10.1 Å². The highest BCUT2D eigenvalue weighted by Crippen LogP contribution is 2.46. The number of thioether (sulfide) groups is 1. The standard InChI is InChI=1S/C23H25ClFNO2S/c24-17-9-8-16(19(25)12-17)14-29-15-22(27)26-20-13-23(10-4-1-5-11-23)28-21-7-3-2-6-18(20)21/h2-3,6-9,12,20H,1,4-5,10-11,13-15H2,(H,26,27)/t20-/m0/s1. The lowest BCUT2D eigenvalue weighted by atomic mass is 9.77. The van der Waals surface area contributed by atoms with Crippen LogP contribution in [0.25, 0.3) is 0 Å². The van der Waals surface area contributed by atoms with Crippen molar-refractivity contribution in [1.29, 1.82) is 0 Å². The van der Waals surface area contributed by atoms with Gasteiger partial charge in [-0.3, -0.25) is 4.79 Å². The first kappa shape index (κ1) is 20.5. The van der Waals surface area contributed by atoms with Crippen molar-refractivity contribution in [3.63, 3.8) is 0 Å². The van der Waals surface area contributed by atoms with Gasteiger partial charge >= 0.3 is 0 Å². The molecular formula is C23H25ClFNO2S. The number of nitrogens with one attached hydrogen (secondary N) is 1. The van der Waals surface area contributed by atoms with Crippen molar-refractivity contribution in [3.8, 4) is 5.75 Å². The van der Waals surface area contributed by atoms with Crippen molar-refractivity contribution < 1.29 is 13.9 Å². The van der Waals surface area contributed by atoms with Gasteiger partial charge in [0.15, 0.2) is 0 Å². The monoisotopic (exact) mass is 433 g/mol. The second-order valence-electron chi connectivity index (χ2n) is 7.94. The third-order valence-corrected chi connectivity index (χ3v) is 7.02. The fraction of sp³-hybridized carbons (Fsp3) is 0.435. The zero-order valence-corrected chi connectivity index (χ0v) is 17.8. The number of fused-ring (bicyclic) bond motifs is 1. The second kappa shape index (κ2) is 8.97. The number of carbonyl (C=O) groups excluding carboxylic acids is 1. The molecule has 6 heteroatoms. The maximum atomic E-state index is 13.9. The van der Waals surface area contributed by atoms with Crippen molar-refractivity contribution >= 4 is 29.3 Å². The molecule has 0 unspecified atom stereocenters. The Morgan fingerprint density at radius 3 is 2.79 bits per heavy atom. The number of carbonyl (C=O) groups is 1. The largest absolute Gasteiger partial charge is 0.487 e. The fourth-order valence-electron chi connectivity index (χ4n) is 4.38. The summed E-state index contributed by atoms with van der Waals surface area (Å²) in [6, 6.07) is 12.6. The van der Waals surface area contributed by atoms with Gasteiger partial charge in [-0.1, -0.05) is 42.3 Å². The topological polar surface area (TPSA) is 38.3 Å². The first-order chi connectivity index (χ1) is 14.0. The lowest BCUT2D eigenvalue weighted by molar-refractivity contribution is -0.120. The van der Waals surface area contributed by atoms with Crippen LogP contribution in [0.1, 0.15) is 55.7 Å². The van der Waals surface area contributed by atoms with Crippen LogP contribution >= 0.6 is 23.4 Å². The van der Waals surface area contributed by atoms with Gasteiger partial charge in [0.2, 0.25) is 5.91 Å². The summed E-state index contributed by atoms with van der Waals surface area (Å²) in [4.78, 5) is 12.6. The van der Waals surface area contributed by atoms with Gasteiger partial charge in [-0.2, -0.15) is 0 Å². The SMILES string of the molecule is O=C(CSCc1ccc(Cl)cc1F)N[C@H]1CC2(CCCCC2)Oc2ccccc21. The van der Waals surface area contributed by atoms with Gasteiger partial charge in [0.25, 0.3) is 0 Å². The van der Waals surface area contributed by atoms with E-state index in [1.54, 1.807) is 12.1 Å². The summed E-state index contributed by atoms with van der Waals surface area (Å²) in [5, 5.41) is 3.58. The summed E-state index contributed by atoms with van der Waals surface area (Å²) < 4.78 is 20.3. The molecule has 1 amide bonds. The minimum atomic E-state index is -0.331. The Kier molecular flexibility index (Phi) is 6.35. The Hall–Kier alpha value is -1.72. The first-order valence-corrected chi connectivity index (χ1v) is 11.7. The summed E-state index contributed by atoms with van der Waals surface area (Å²) in [7, 11) is 0. The average Bonchev–Trinajstić information content (AvgIpc) is 2.70. The van der Waals surface area contributed by atoms with Crippen LogP contribution in [-0.4, -0.2) is 17.3 Å². The van der Waals surface area contributed by atoms with Crippen LogP contribution in [0.5, 0.6) is 5.75 Å². The Morgan fingerprint density at radius 1 is 1.21 bits per heavy atom. The van der Waals surface area contributed by atoms with Gasteiger partial charge in [0.1, 0.15) is 17.2 Å². The summed E-state index contributed by atoms with van der Waals surface area (Å²) in [5.41, 5.74) is 1.44. The highest BCUT2D eigenvalue weighted by atomic mass is 35.5. The molecule has 2 aromatic rings. The third kappa shape index (κ3) is 4.89. The zero-order valence-electron chi connectivity index (χ0n) is 16.3. The van der Waals surface area contributed by atoms with Crippen molar-refractivity contribution in [2.75, 3.05) is 5.75 Å². The molecule has 154 valence electrons. The molecule has 0 saturated heterocycles. The Bertz CT molecular complexity index is 885. The summed E-state index contributed by atoms with van der Waals surface area (Å²) in [6.45, 7) is 0. The zero-order chi connectivity index (χ0) is 20.3. The molecule has 3 nitrogen and oxygen atoms in total. The normalized spacial score (nSPS) is 20.0. The van der Waals surface area contributed by atoms with Gasteiger partial charge < -0.3 is 10.1 Å². The summed E-state index contributed by atoms with van der Waals surface area (Å²) in [6.07, 6.45) is 6.49.